The Morgan fingerprint density at radius 1 is 1.42 bits per heavy atom. The number of hydrogen-bond acceptors (Lipinski definition) is 5. The minimum absolute atomic E-state index is 0.0204. The predicted octanol–water partition coefficient (Wildman–Crippen LogP) is -1.53. The van der Waals surface area contributed by atoms with Gasteiger partial charge in [0.05, 0.1) is 6.04 Å². The number of carbonyl (C=O) groups is 1. The van der Waals surface area contributed by atoms with Crippen molar-refractivity contribution in [3.63, 3.8) is 0 Å². The normalized spacial score (nSPS) is 13.4. The number of carbonyl (C=O) groups excluding carboxylic acids is 1. The van der Waals surface area contributed by atoms with Crippen molar-refractivity contribution in [3.8, 4) is 0 Å². The third-order valence-corrected chi connectivity index (χ3v) is 1.59. The quantitative estimate of drug-likeness (QED) is 0.289. The van der Waals surface area contributed by atoms with Gasteiger partial charge in [-0.25, -0.2) is 0 Å². The van der Waals surface area contributed by atoms with Crippen molar-refractivity contribution >= 4 is 5.78 Å². The highest BCUT2D eigenvalue weighted by Crippen LogP contribution is 1.93. The van der Waals surface area contributed by atoms with Crippen LogP contribution >= 0.6 is 0 Å². The van der Waals surface area contributed by atoms with E-state index in [2.05, 4.69) is 5.32 Å². The van der Waals surface area contributed by atoms with Gasteiger partial charge in [0.25, 0.3) is 0 Å². The molecule has 0 amide bonds. The summed E-state index contributed by atoms with van der Waals surface area (Å²) in [6.45, 7) is 2.19. The first-order chi connectivity index (χ1) is 5.54. The second-order valence-corrected chi connectivity index (χ2v) is 2.84. The van der Waals surface area contributed by atoms with E-state index in [-0.39, 0.29) is 11.8 Å². The molecule has 1 atom stereocenters. The van der Waals surface area contributed by atoms with Crippen molar-refractivity contribution in [2.45, 2.75) is 32.1 Å². The fourth-order valence-electron chi connectivity index (χ4n) is 0.794. The standard InChI is InChI=1S/C7H18N4O/c1-5(12)6(8)3-2-4-11-7(9)10/h6-7,11H,2-4,8-10H2,1H3. The van der Waals surface area contributed by atoms with Gasteiger partial charge in [0.2, 0.25) is 0 Å². The summed E-state index contributed by atoms with van der Waals surface area (Å²) in [7, 11) is 0. The number of nitrogens with two attached hydrogens (primary N) is 3. The molecule has 0 heterocycles. The second kappa shape index (κ2) is 6.07. The molecule has 5 heteroatoms. The first-order valence-corrected chi connectivity index (χ1v) is 4.04. The Morgan fingerprint density at radius 3 is 2.42 bits per heavy atom. The zero-order valence-corrected chi connectivity index (χ0v) is 7.42. The van der Waals surface area contributed by atoms with Crippen LogP contribution in [0.15, 0.2) is 0 Å². The molecule has 0 aliphatic carbocycles. The van der Waals surface area contributed by atoms with Gasteiger partial charge in [-0.15, -0.1) is 0 Å². The molecular formula is C7H18N4O. The van der Waals surface area contributed by atoms with Gasteiger partial charge in [0.15, 0.2) is 0 Å². The SMILES string of the molecule is CC(=O)C(N)CCCNC(N)N. The summed E-state index contributed by atoms with van der Waals surface area (Å²) in [6.07, 6.45) is 0.999. The summed E-state index contributed by atoms with van der Waals surface area (Å²) in [5, 5.41) is 2.83. The van der Waals surface area contributed by atoms with Crippen molar-refractivity contribution in [1.29, 1.82) is 0 Å². The molecule has 0 aliphatic heterocycles. The highest BCUT2D eigenvalue weighted by Gasteiger charge is 2.06. The van der Waals surface area contributed by atoms with Crippen LogP contribution in [0.5, 0.6) is 0 Å². The van der Waals surface area contributed by atoms with Crippen LogP contribution in [0.4, 0.5) is 0 Å². The second-order valence-electron chi connectivity index (χ2n) is 2.84. The lowest BCUT2D eigenvalue weighted by Crippen LogP contribution is -2.45. The molecule has 7 N–H and O–H groups in total. The summed E-state index contributed by atoms with van der Waals surface area (Å²) < 4.78 is 0. The molecule has 0 aromatic heterocycles. The fourth-order valence-corrected chi connectivity index (χ4v) is 0.794. The van der Waals surface area contributed by atoms with Gasteiger partial charge in [0, 0.05) is 0 Å². The molecule has 1 unspecified atom stereocenters. The first-order valence-electron chi connectivity index (χ1n) is 4.04. The van der Waals surface area contributed by atoms with Crippen molar-refractivity contribution in [2.75, 3.05) is 6.54 Å². The molecule has 0 saturated heterocycles. The molecule has 72 valence electrons. The summed E-state index contributed by atoms with van der Waals surface area (Å²) >= 11 is 0. The predicted molar refractivity (Wildman–Crippen MR) is 48.1 cm³/mol. The molecule has 0 spiro atoms. The number of hydrogen-bond donors (Lipinski definition) is 4. The highest BCUT2D eigenvalue weighted by molar-refractivity contribution is 5.80. The van der Waals surface area contributed by atoms with Crippen LogP contribution in [-0.2, 0) is 4.79 Å². The lowest BCUT2D eigenvalue weighted by atomic mass is 10.1. The fraction of sp³-hybridized carbons (Fsp3) is 0.857. The van der Waals surface area contributed by atoms with Crippen LogP contribution in [-0.4, -0.2) is 24.7 Å². The van der Waals surface area contributed by atoms with Crippen molar-refractivity contribution in [3.05, 3.63) is 0 Å². The Hall–Kier alpha value is -0.490. The monoisotopic (exact) mass is 174 g/mol. The molecule has 5 nitrogen and oxygen atoms in total. The molecular weight excluding hydrogens is 156 g/mol. The Morgan fingerprint density at radius 2 is 2.00 bits per heavy atom. The summed E-state index contributed by atoms with van der Waals surface area (Å²) in [4.78, 5) is 10.7. The van der Waals surface area contributed by atoms with E-state index in [0.29, 0.717) is 13.0 Å². The number of ketones is 1. The van der Waals surface area contributed by atoms with Gasteiger partial charge in [-0.1, -0.05) is 0 Å². The van der Waals surface area contributed by atoms with Crippen LogP contribution in [0.2, 0.25) is 0 Å². The highest BCUT2D eigenvalue weighted by atomic mass is 16.1. The number of rotatable bonds is 6. The molecule has 0 fully saturated rings. The third-order valence-electron chi connectivity index (χ3n) is 1.59. The van der Waals surface area contributed by atoms with Crippen LogP contribution in [0.1, 0.15) is 19.8 Å². The maximum absolute atomic E-state index is 10.7. The van der Waals surface area contributed by atoms with E-state index in [4.69, 9.17) is 17.2 Å². The van der Waals surface area contributed by atoms with Crippen LogP contribution < -0.4 is 22.5 Å². The molecule has 12 heavy (non-hydrogen) atoms. The lowest BCUT2D eigenvalue weighted by molar-refractivity contribution is -0.118. The molecule has 0 aromatic carbocycles. The average Bonchev–Trinajstić information content (AvgIpc) is 1.97. The zero-order valence-electron chi connectivity index (χ0n) is 7.42. The topological polar surface area (TPSA) is 107 Å². The van der Waals surface area contributed by atoms with Gasteiger partial charge >= 0.3 is 0 Å². The first kappa shape index (κ1) is 11.5. The smallest absolute Gasteiger partial charge is 0.146 e. The van der Waals surface area contributed by atoms with Gasteiger partial charge in [-0.05, 0) is 26.3 Å². The third kappa shape index (κ3) is 6.23. The maximum atomic E-state index is 10.7. The molecule has 0 bridgehead atoms. The van der Waals surface area contributed by atoms with Crippen molar-refractivity contribution in [1.82, 2.24) is 5.32 Å². The zero-order chi connectivity index (χ0) is 9.56. The van der Waals surface area contributed by atoms with Gasteiger partial charge in [-0.2, -0.15) is 0 Å². The minimum atomic E-state index is -0.487. The number of Topliss-reactive ketones (excluding diaryl/α,β-unsaturated/α-hetero) is 1. The van der Waals surface area contributed by atoms with E-state index in [9.17, 15) is 4.79 Å². The molecule has 0 aromatic rings. The van der Waals surface area contributed by atoms with Crippen molar-refractivity contribution in [2.24, 2.45) is 17.2 Å². The van der Waals surface area contributed by atoms with Crippen LogP contribution in [0, 0.1) is 0 Å². The minimum Gasteiger partial charge on any atom is -0.322 e. The Labute approximate surface area is 72.7 Å². The molecule has 0 radical (unpaired) electrons. The Kier molecular flexibility index (Phi) is 5.83. The van der Waals surface area contributed by atoms with Gasteiger partial charge in [0.1, 0.15) is 12.1 Å². The Balaban J connectivity index is 3.25. The van der Waals surface area contributed by atoms with Crippen LogP contribution in [0.3, 0.4) is 0 Å². The molecule has 0 saturated carbocycles. The van der Waals surface area contributed by atoms with Gasteiger partial charge < -0.3 is 17.2 Å². The van der Waals surface area contributed by atoms with Crippen molar-refractivity contribution < 1.29 is 4.79 Å². The van der Waals surface area contributed by atoms with E-state index in [1.807, 2.05) is 0 Å². The van der Waals surface area contributed by atoms with Gasteiger partial charge in [-0.3, -0.25) is 10.1 Å². The lowest BCUT2D eigenvalue weighted by Gasteiger charge is -2.09. The van der Waals surface area contributed by atoms with E-state index >= 15 is 0 Å². The Bertz CT molecular complexity index is 137. The van der Waals surface area contributed by atoms with E-state index in [1.54, 1.807) is 0 Å². The van der Waals surface area contributed by atoms with E-state index < -0.39 is 6.29 Å². The molecule has 0 aliphatic rings. The summed E-state index contributed by atoms with van der Waals surface area (Å²) in [5.41, 5.74) is 16.0. The molecule has 0 rings (SSSR count). The largest absolute Gasteiger partial charge is 0.322 e. The van der Waals surface area contributed by atoms with Crippen LogP contribution in [0.25, 0.3) is 0 Å². The summed E-state index contributed by atoms with van der Waals surface area (Å²) in [5.74, 6) is 0.0204. The average molecular weight is 174 g/mol. The van der Waals surface area contributed by atoms with E-state index in [0.717, 1.165) is 6.42 Å². The number of nitrogens with one attached hydrogen (secondary N) is 1. The summed E-state index contributed by atoms with van der Waals surface area (Å²) in [6, 6.07) is -0.346. The maximum Gasteiger partial charge on any atom is 0.146 e. The van der Waals surface area contributed by atoms with E-state index in [1.165, 1.54) is 6.92 Å².